The van der Waals surface area contributed by atoms with Gasteiger partial charge >= 0.3 is 0 Å². The fourth-order valence-corrected chi connectivity index (χ4v) is 2.75. The van der Waals surface area contributed by atoms with E-state index in [4.69, 9.17) is 4.52 Å². The smallest absolute Gasteiger partial charge is 0.229 e. The molecule has 114 valence electrons. The molecule has 8 nitrogen and oxygen atoms in total. The maximum atomic E-state index is 5.35. The Labute approximate surface area is 123 Å². The van der Waals surface area contributed by atoms with Gasteiger partial charge in [0.1, 0.15) is 0 Å². The lowest BCUT2D eigenvalue weighted by atomic mass is 9.86. The van der Waals surface area contributed by atoms with E-state index in [2.05, 4.69) is 30.9 Å². The van der Waals surface area contributed by atoms with Crippen LogP contribution < -0.4 is 5.32 Å². The standard InChI is InChI=1S/C13H21N7O/c1-3-11-15-13(21-18-11)9-4-6-10(7-5-9)14-8-12-16-19-20(2)17-12/h9-10,14H,3-8H2,1-2H3. The van der Waals surface area contributed by atoms with Gasteiger partial charge in [-0.15, -0.1) is 10.2 Å². The zero-order valence-corrected chi connectivity index (χ0v) is 12.5. The number of tetrazole rings is 1. The molecule has 2 aromatic rings. The van der Waals surface area contributed by atoms with Gasteiger partial charge < -0.3 is 9.84 Å². The molecule has 1 N–H and O–H groups in total. The lowest BCUT2D eigenvalue weighted by Crippen LogP contribution is -2.32. The van der Waals surface area contributed by atoms with Crippen molar-refractivity contribution in [2.45, 2.75) is 57.5 Å². The van der Waals surface area contributed by atoms with Gasteiger partial charge in [0.25, 0.3) is 0 Å². The Morgan fingerprint density at radius 2 is 2.05 bits per heavy atom. The van der Waals surface area contributed by atoms with Crippen LogP contribution in [-0.2, 0) is 20.0 Å². The minimum Gasteiger partial charge on any atom is -0.339 e. The number of nitrogens with zero attached hydrogens (tertiary/aromatic N) is 6. The van der Waals surface area contributed by atoms with E-state index in [1.807, 2.05) is 6.92 Å². The topological polar surface area (TPSA) is 94.6 Å². The summed E-state index contributed by atoms with van der Waals surface area (Å²) < 4.78 is 5.35. The first-order valence-corrected chi connectivity index (χ1v) is 7.53. The molecule has 1 aliphatic carbocycles. The van der Waals surface area contributed by atoms with Crippen LogP contribution in [0.25, 0.3) is 0 Å². The molecular weight excluding hydrogens is 270 g/mol. The Balaban J connectivity index is 1.46. The molecule has 0 amide bonds. The van der Waals surface area contributed by atoms with Crippen LogP contribution in [0.15, 0.2) is 4.52 Å². The maximum absolute atomic E-state index is 5.35. The first-order valence-electron chi connectivity index (χ1n) is 7.53. The number of aryl methyl sites for hydroxylation is 2. The Hall–Kier alpha value is -1.83. The van der Waals surface area contributed by atoms with E-state index in [1.165, 1.54) is 4.80 Å². The number of hydrogen-bond donors (Lipinski definition) is 1. The van der Waals surface area contributed by atoms with Gasteiger partial charge in [-0.2, -0.15) is 9.78 Å². The van der Waals surface area contributed by atoms with Crippen molar-refractivity contribution >= 4 is 0 Å². The SMILES string of the molecule is CCc1noc(C2CCC(NCc3nnn(C)n3)CC2)n1. The third-order valence-corrected chi connectivity index (χ3v) is 3.98. The lowest BCUT2D eigenvalue weighted by Gasteiger charge is -2.26. The van der Waals surface area contributed by atoms with Crippen molar-refractivity contribution in [3.05, 3.63) is 17.5 Å². The lowest BCUT2D eigenvalue weighted by molar-refractivity contribution is 0.280. The molecule has 1 saturated carbocycles. The minimum absolute atomic E-state index is 0.408. The van der Waals surface area contributed by atoms with Crippen LogP contribution in [-0.4, -0.2) is 36.4 Å². The molecule has 0 saturated heterocycles. The van der Waals surface area contributed by atoms with E-state index >= 15 is 0 Å². The molecule has 0 unspecified atom stereocenters. The molecule has 2 heterocycles. The monoisotopic (exact) mass is 291 g/mol. The summed E-state index contributed by atoms with van der Waals surface area (Å²) in [7, 11) is 1.77. The Bertz CT molecular complexity index is 571. The van der Waals surface area contributed by atoms with Crippen LogP contribution in [0.2, 0.25) is 0 Å². The summed E-state index contributed by atoms with van der Waals surface area (Å²) in [5, 5.41) is 19.5. The highest BCUT2D eigenvalue weighted by Crippen LogP contribution is 2.31. The Kier molecular flexibility index (Phi) is 4.23. The minimum atomic E-state index is 0.408. The average molecular weight is 291 g/mol. The van der Waals surface area contributed by atoms with Crippen LogP contribution in [0.5, 0.6) is 0 Å². The summed E-state index contributed by atoms with van der Waals surface area (Å²) in [6, 6.07) is 0.499. The summed E-state index contributed by atoms with van der Waals surface area (Å²) in [4.78, 5) is 5.93. The Morgan fingerprint density at radius 3 is 2.67 bits per heavy atom. The second-order valence-electron chi connectivity index (χ2n) is 5.53. The van der Waals surface area contributed by atoms with Crippen molar-refractivity contribution in [3.8, 4) is 0 Å². The van der Waals surface area contributed by atoms with Crippen molar-refractivity contribution in [3.63, 3.8) is 0 Å². The molecule has 0 aromatic carbocycles. The quantitative estimate of drug-likeness (QED) is 0.877. The predicted molar refractivity (Wildman–Crippen MR) is 74.3 cm³/mol. The molecule has 2 aromatic heterocycles. The van der Waals surface area contributed by atoms with Crippen LogP contribution in [0.1, 0.15) is 56.1 Å². The molecule has 0 spiro atoms. The molecule has 21 heavy (non-hydrogen) atoms. The number of rotatable bonds is 5. The van der Waals surface area contributed by atoms with E-state index in [-0.39, 0.29) is 0 Å². The van der Waals surface area contributed by atoms with E-state index in [0.717, 1.165) is 49.6 Å². The van der Waals surface area contributed by atoms with E-state index < -0.39 is 0 Å². The average Bonchev–Trinajstić information content (AvgIpc) is 3.14. The van der Waals surface area contributed by atoms with Crippen LogP contribution in [0.3, 0.4) is 0 Å². The molecule has 1 fully saturated rings. The van der Waals surface area contributed by atoms with Crippen molar-refractivity contribution < 1.29 is 4.52 Å². The summed E-state index contributed by atoms with van der Waals surface area (Å²) in [6.07, 6.45) is 5.20. The van der Waals surface area contributed by atoms with Gasteiger partial charge in [-0.25, -0.2) is 0 Å². The number of aromatic nitrogens is 6. The largest absolute Gasteiger partial charge is 0.339 e. The third kappa shape index (κ3) is 3.44. The fourth-order valence-electron chi connectivity index (χ4n) is 2.75. The van der Waals surface area contributed by atoms with Crippen LogP contribution in [0.4, 0.5) is 0 Å². The summed E-state index contributed by atoms with van der Waals surface area (Å²) in [6.45, 7) is 2.71. The second kappa shape index (κ2) is 6.30. The van der Waals surface area contributed by atoms with Gasteiger partial charge in [0, 0.05) is 18.4 Å². The highest BCUT2D eigenvalue weighted by Gasteiger charge is 2.26. The molecule has 0 aliphatic heterocycles. The highest BCUT2D eigenvalue weighted by atomic mass is 16.5. The number of nitrogens with one attached hydrogen (secondary N) is 1. The Morgan fingerprint density at radius 1 is 1.24 bits per heavy atom. The first kappa shape index (κ1) is 14.1. The van der Waals surface area contributed by atoms with Crippen molar-refractivity contribution in [2.24, 2.45) is 7.05 Å². The van der Waals surface area contributed by atoms with Gasteiger partial charge in [-0.05, 0) is 30.9 Å². The summed E-state index contributed by atoms with van der Waals surface area (Å²) in [5.41, 5.74) is 0. The summed E-state index contributed by atoms with van der Waals surface area (Å²) in [5.74, 6) is 2.76. The molecule has 0 radical (unpaired) electrons. The first-order chi connectivity index (χ1) is 10.2. The molecule has 3 rings (SSSR count). The molecule has 8 heteroatoms. The highest BCUT2D eigenvalue weighted by molar-refractivity contribution is 4.97. The zero-order chi connectivity index (χ0) is 14.7. The fraction of sp³-hybridized carbons (Fsp3) is 0.769. The predicted octanol–water partition coefficient (Wildman–Crippen LogP) is 0.971. The van der Waals surface area contributed by atoms with Crippen molar-refractivity contribution in [2.75, 3.05) is 0 Å². The van der Waals surface area contributed by atoms with E-state index in [0.29, 0.717) is 18.5 Å². The van der Waals surface area contributed by atoms with Crippen LogP contribution >= 0.6 is 0 Å². The van der Waals surface area contributed by atoms with E-state index in [9.17, 15) is 0 Å². The van der Waals surface area contributed by atoms with E-state index in [1.54, 1.807) is 7.05 Å². The van der Waals surface area contributed by atoms with Crippen molar-refractivity contribution in [1.82, 2.24) is 35.7 Å². The number of hydrogen-bond acceptors (Lipinski definition) is 7. The van der Waals surface area contributed by atoms with Gasteiger partial charge in [0.2, 0.25) is 5.89 Å². The molecular formula is C13H21N7O. The van der Waals surface area contributed by atoms with Gasteiger partial charge in [-0.1, -0.05) is 12.1 Å². The van der Waals surface area contributed by atoms with Gasteiger partial charge in [-0.3, -0.25) is 0 Å². The van der Waals surface area contributed by atoms with Crippen molar-refractivity contribution in [1.29, 1.82) is 0 Å². The molecule has 0 atom stereocenters. The molecule has 0 bridgehead atoms. The van der Waals surface area contributed by atoms with Gasteiger partial charge in [0.15, 0.2) is 11.6 Å². The second-order valence-corrected chi connectivity index (χ2v) is 5.53. The molecule has 1 aliphatic rings. The zero-order valence-electron chi connectivity index (χ0n) is 12.5. The maximum Gasteiger partial charge on any atom is 0.229 e. The van der Waals surface area contributed by atoms with Crippen LogP contribution in [0, 0.1) is 0 Å². The normalized spacial score (nSPS) is 22.6. The summed E-state index contributed by atoms with van der Waals surface area (Å²) >= 11 is 0. The third-order valence-electron chi connectivity index (χ3n) is 3.98. The van der Waals surface area contributed by atoms with Gasteiger partial charge in [0.05, 0.1) is 13.6 Å².